The lowest BCUT2D eigenvalue weighted by Gasteiger charge is -2.15. The summed E-state index contributed by atoms with van der Waals surface area (Å²) < 4.78 is 6.88. The van der Waals surface area contributed by atoms with Crippen LogP contribution in [0, 0.1) is 6.92 Å². The van der Waals surface area contributed by atoms with Gasteiger partial charge in [0.25, 0.3) is 5.91 Å². The molecule has 1 unspecified atom stereocenters. The minimum absolute atomic E-state index is 0.00686. The van der Waals surface area contributed by atoms with E-state index < -0.39 is 17.9 Å². The standard InChI is InChI=1S/C16H16ClN3O4/c1-8-12(17)14(19-20(8)2)15(21)18-13(16(22)23)10-3-4-11-9(7-10)5-6-24-11/h3-4,7,13H,5-6H2,1-2H3,(H,18,21)(H,22,23). The highest BCUT2D eigenvalue weighted by atomic mass is 35.5. The summed E-state index contributed by atoms with van der Waals surface area (Å²) in [5, 5.41) is 16.2. The lowest BCUT2D eigenvalue weighted by molar-refractivity contribution is -0.139. The van der Waals surface area contributed by atoms with Gasteiger partial charge in [-0.25, -0.2) is 4.79 Å². The molecule has 0 aliphatic carbocycles. The molecule has 2 heterocycles. The molecule has 8 heteroatoms. The van der Waals surface area contributed by atoms with Gasteiger partial charge in [-0.3, -0.25) is 9.48 Å². The van der Waals surface area contributed by atoms with Crippen LogP contribution in [0.5, 0.6) is 5.75 Å². The first-order chi connectivity index (χ1) is 11.4. The van der Waals surface area contributed by atoms with Crippen molar-refractivity contribution >= 4 is 23.5 Å². The Balaban J connectivity index is 1.88. The molecule has 1 aromatic carbocycles. The topological polar surface area (TPSA) is 93.5 Å². The second kappa shape index (κ2) is 6.16. The molecule has 1 aromatic heterocycles. The maximum Gasteiger partial charge on any atom is 0.330 e. The Bertz CT molecular complexity index is 831. The summed E-state index contributed by atoms with van der Waals surface area (Å²) >= 11 is 6.09. The summed E-state index contributed by atoms with van der Waals surface area (Å²) in [6, 6.07) is 3.90. The minimum atomic E-state index is -1.19. The molecular formula is C16H16ClN3O4. The molecule has 0 spiro atoms. The first-order valence-corrected chi connectivity index (χ1v) is 7.74. The molecule has 1 aliphatic rings. The predicted molar refractivity (Wildman–Crippen MR) is 86.4 cm³/mol. The number of nitrogens with zero attached hydrogens (tertiary/aromatic N) is 2. The van der Waals surface area contributed by atoms with Crippen LogP contribution in [-0.4, -0.2) is 33.4 Å². The number of nitrogens with one attached hydrogen (secondary N) is 1. The number of carbonyl (C=O) groups is 2. The van der Waals surface area contributed by atoms with Crippen LogP contribution in [0.2, 0.25) is 5.02 Å². The van der Waals surface area contributed by atoms with Crippen LogP contribution in [0.4, 0.5) is 0 Å². The fourth-order valence-corrected chi connectivity index (χ4v) is 2.85. The summed E-state index contributed by atoms with van der Waals surface area (Å²) in [6.07, 6.45) is 0.717. The number of hydrogen-bond donors (Lipinski definition) is 2. The smallest absolute Gasteiger partial charge is 0.330 e. The van der Waals surface area contributed by atoms with Crippen molar-refractivity contribution in [1.82, 2.24) is 15.1 Å². The normalized spacial score (nSPS) is 14.0. The van der Waals surface area contributed by atoms with Crippen molar-refractivity contribution in [2.45, 2.75) is 19.4 Å². The Morgan fingerprint density at radius 2 is 2.21 bits per heavy atom. The largest absolute Gasteiger partial charge is 0.493 e. The molecular weight excluding hydrogens is 334 g/mol. The van der Waals surface area contributed by atoms with Gasteiger partial charge in [-0.2, -0.15) is 5.10 Å². The molecule has 0 saturated carbocycles. The van der Waals surface area contributed by atoms with Gasteiger partial charge in [0.05, 0.1) is 17.3 Å². The number of ether oxygens (including phenoxy) is 1. The maximum absolute atomic E-state index is 12.4. The Hall–Kier alpha value is -2.54. The van der Waals surface area contributed by atoms with Gasteiger partial charge in [0.2, 0.25) is 0 Å². The van der Waals surface area contributed by atoms with E-state index in [0.717, 1.165) is 11.3 Å². The second-order valence-electron chi connectivity index (χ2n) is 5.58. The summed E-state index contributed by atoms with van der Waals surface area (Å²) in [5.74, 6) is -1.04. The SMILES string of the molecule is Cc1c(Cl)c(C(=O)NC(C(=O)O)c2ccc3c(c2)CCO3)nn1C. The molecule has 2 N–H and O–H groups in total. The van der Waals surface area contributed by atoms with Gasteiger partial charge in [0, 0.05) is 13.5 Å². The molecule has 126 valence electrons. The lowest BCUT2D eigenvalue weighted by atomic mass is 10.0. The van der Waals surface area contributed by atoms with Crippen LogP contribution in [0.25, 0.3) is 0 Å². The lowest BCUT2D eigenvalue weighted by Crippen LogP contribution is -2.34. The van der Waals surface area contributed by atoms with E-state index in [0.29, 0.717) is 24.3 Å². The number of amides is 1. The molecule has 3 rings (SSSR count). The summed E-state index contributed by atoms with van der Waals surface area (Å²) in [7, 11) is 1.66. The van der Waals surface area contributed by atoms with E-state index in [1.54, 1.807) is 32.2 Å². The van der Waals surface area contributed by atoms with E-state index >= 15 is 0 Å². The number of carboxylic acids is 1. The fourth-order valence-electron chi connectivity index (χ4n) is 2.60. The van der Waals surface area contributed by atoms with E-state index in [1.165, 1.54) is 4.68 Å². The Morgan fingerprint density at radius 1 is 1.46 bits per heavy atom. The number of benzene rings is 1. The Kier molecular flexibility index (Phi) is 4.19. The van der Waals surface area contributed by atoms with E-state index in [9.17, 15) is 14.7 Å². The van der Waals surface area contributed by atoms with Crippen molar-refractivity contribution in [3.63, 3.8) is 0 Å². The van der Waals surface area contributed by atoms with E-state index in [2.05, 4.69) is 10.4 Å². The number of fused-ring (bicyclic) bond motifs is 1. The van der Waals surface area contributed by atoms with Gasteiger partial charge in [-0.15, -0.1) is 0 Å². The molecule has 2 aromatic rings. The van der Waals surface area contributed by atoms with Crippen LogP contribution in [0.1, 0.15) is 33.4 Å². The summed E-state index contributed by atoms with van der Waals surface area (Å²) in [4.78, 5) is 24.0. The van der Waals surface area contributed by atoms with Gasteiger partial charge in [0.15, 0.2) is 11.7 Å². The summed E-state index contributed by atoms with van der Waals surface area (Å²) in [6.45, 7) is 2.30. The average Bonchev–Trinajstić information content (AvgIpc) is 3.11. The molecule has 0 bridgehead atoms. The number of halogens is 1. The zero-order valence-electron chi connectivity index (χ0n) is 13.2. The molecule has 1 aliphatic heterocycles. The molecule has 7 nitrogen and oxygen atoms in total. The number of aryl methyl sites for hydroxylation is 1. The fraction of sp³-hybridized carbons (Fsp3) is 0.312. The third kappa shape index (κ3) is 2.82. The summed E-state index contributed by atoms with van der Waals surface area (Å²) in [5.41, 5.74) is 2.04. The first kappa shape index (κ1) is 16.3. The van der Waals surface area contributed by atoms with Gasteiger partial charge in [-0.1, -0.05) is 17.7 Å². The molecule has 0 saturated heterocycles. The van der Waals surface area contributed by atoms with Crippen LogP contribution < -0.4 is 10.1 Å². The number of aliphatic carboxylic acids is 1. The minimum Gasteiger partial charge on any atom is -0.493 e. The number of carboxylic acid groups (broad SMARTS) is 1. The number of carbonyl (C=O) groups excluding carboxylic acids is 1. The van der Waals surface area contributed by atoms with Crippen molar-refractivity contribution in [1.29, 1.82) is 0 Å². The molecule has 24 heavy (non-hydrogen) atoms. The second-order valence-corrected chi connectivity index (χ2v) is 5.96. The Morgan fingerprint density at radius 3 is 2.83 bits per heavy atom. The number of aromatic nitrogens is 2. The molecule has 1 amide bonds. The first-order valence-electron chi connectivity index (χ1n) is 7.37. The van der Waals surface area contributed by atoms with Crippen molar-refractivity contribution < 1.29 is 19.4 Å². The van der Waals surface area contributed by atoms with Crippen molar-refractivity contribution in [3.05, 3.63) is 45.7 Å². The molecule has 0 fully saturated rings. The van der Waals surface area contributed by atoms with Crippen molar-refractivity contribution in [2.24, 2.45) is 7.05 Å². The maximum atomic E-state index is 12.4. The van der Waals surface area contributed by atoms with Crippen molar-refractivity contribution in [2.75, 3.05) is 6.61 Å². The highest BCUT2D eigenvalue weighted by molar-refractivity contribution is 6.34. The number of rotatable bonds is 4. The highest BCUT2D eigenvalue weighted by Gasteiger charge is 2.27. The predicted octanol–water partition coefficient (Wildman–Crippen LogP) is 1.87. The molecule has 1 atom stereocenters. The van der Waals surface area contributed by atoms with Crippen molar-refractivity contribution in [3.8, 4) is 5.75 Å². The average molecular weight is 350 g/mol. The van der Waals surface area contributed by atoms with E-state index in [-0.39, 0.29) is 10.7 Å². The zero-order chi connectivity index (χ0) is 17.4. The number of hydrogen-bond acceptors (Lipinski definition) is 4. The van der Waals surface area contributed by atoms with E-state index in [4.69, 9.17) is 16.3 Å². The van der Waals surface area contributed by atoms with Crippen LogP contribution >= 0.6 is 11.6 Å². The molecule has 0 radical (unpaired) electrons. The van der Waals surface area contributed by atoms with E-state index in [1.807, 2.05) is 0 Å². The quantitative estimate of drug-likeness (QED) is 0.879. The van der Waals surface area contributed by atoms with Crippen LogP contribution in [-0.2, 0) is 18.3 Å². The third-order valence-electron chi connectivity index (χ3n) is 4.05. The third-order valence-corrected chi connectivity index (χ3v) is 4.50. The van der Waals surface area contributed by atoms with Gasteiger partial charge < -0.3 is 15.2 Å². The van der Waals surface area contributed by atoms with Gasteiger partial charge in [-0.05, 0) is 30.2 Å². The van der Waals surface area contributed by atoms with Crippen LogP contribution in [0.3, 0.4) is 0 Å². The van der Waals surface area contributed by atoms with Gasteiger partial charge in [0.1, 0.15) is 5.75 Å². The van der Waals surface area contributed by atoms with Gasteiger partial charge >= 0.3 is 5.97 Å². The van der Waals surface area contributed by atoms with Crippen LogP contribution in [0.15, 0.2) is 18.2 Å². The monoisotopic (exact) mass is 349 g/mol. The zero-order valence-corrected chi connectivity index (χ0v) is 13.9. The Labute approximate surface area is 143 Å². The highest BCUT2D eigenvalue weighted by Crippen LogP contribution is 2.28.